The maximum atomic E-state index is 11.9. The minimum atomic E-state index is -1.17. The Balaban J connectivity index is 4.06. The second kappa shape index (κ2) is 12.3. The number of hydrogen-bond donors (Lipinski definition) is 5. The first-order valence-electron chi connectivity index (χ1n) is 8.01. The van der Waals surface area contributed by atoms with Crippen molar-refractivity contribution in [2.45, 2.75) is 51.6 Å². The van der Waals surface area contributed by atoms with E-state index >= 15 is 0 Å². The Morgan fingerprint density at radius 2 is 1.54 bits per heavy atom. The number of carboxylic acid groups (broad SMARTS) is 1. The van der Waals surface area contributed by atoms with Gasteiger partial charge in [0.1, 0.15) is 18.6 Å². The van der Waals surface area contributed by atoms with E-state index in [0.29, 0.717) is 6.42 Å². The van der Waals surface area contributed by atoms with E-state index in [1.165, 1.54) is 13.8 Å². The molecule has 0 bridgehead atoms. The predicted molar refractivity (Wildman–Crippen MR) is 88.2 cm³/mol. The fourth-order valence-corrected chi connectivity index (χ4v) is 1.86. The molecule has 2 atom stereocenters. The molecule has 0 aromatic rings. The van der Waals surface area contributed by atoms with E-state index in [2.05, 4.69) is 21.3 Å². The second-order valence-electron chi connectivity index (χ2n) is 5.55. The molecule has 0 rings (SSSR count). The number of hydrogen-bond acceptors (Lipinski definition) is 5. The zero-order valence-corrected chi connectivity index (χ0v) is 14.5. The summed E-state index contributed by atoms with van der Waals surface area (Å²) >= 11 is 0. The van der Waals surface area contributed by atoms with Crippen molar-refractivity contribution in [3.8, 4) is 0 Å². The predicted octanol–water partition coefficient (Wildman–Crippen LogP) is -1.02. The number of carbonyl (C=O) groups excluding carboxylic acids is 3. The fourth-order valence-electron chi connectivity index (χ4n) is 1.86. The van der Waals surface area contributed by atoms with E-state index in [1.807, 2.05) is 7.05 Å². The molecule has 9 heteroatoms. The van der Waals surface area contributed by atoms with Crippen molar-refractivity contribution in [2.75, 3.05) is 20.1 Å². The molecule has 5 N–H and O–H groups in total. The van der Waals surface area contributed by atoms with Crippen molar-refractivity contribution in [3.63, 3.8) is 0 Å². The summed E-state index contributed by atoms with van der Waals surface area (Å²) in [6.45, 7) is 3.35. The summed E-state index contributed by atoms with van der Waals surface area (Å²) in [6, 6.07) is -1.66. The molecule has 9 nitrogen and oxygen atoms in total. The van der Waals surface area contributed by atoms with Gasteiger partial charge in [0.15, 0.2) is 0 Å². The Labute approximate surface area is 141 Å². The van der Waals surface area contributed by atoms with Gasteiger partial charge in [-0.15, -0.1) is 0 Å². The first-order valence-corrected chi connectivity index (χ1v) is 8.01. The molecule has 0 aliphatic carbocycles. The van der Waals surface area contributed by atoms with Crippen LogP contribution in [0.5, 0.6) is 0 Å². The fraction of sp³-hybridized carbons (Fsp3) is 0.733. The average Bonchev–Trinajstić information content (AvgIpc) is 2.51. The Kier molecular flexibility index (Phi) is 11.2. The van der Waals surface area contributed by atoms with Gasteiger partial charge in [-0.05, 0) is 40.3 Å². The number of carboxylic acids is 1. The van der Waals surface area contributed by atoms with Gasteiger partial charge in [0.2, 0.25) is 17.7 Å². The van der Waals surface area contributed by atoms with E-state index in [0.717, 1.165) is 25.8 Å². The third-order valence-electron chi connectivity index (χ3n) is 3.27. The van der Waals surface area contributed by atoms with Crippen LogP contribution in [0.1, 0.15) is 39.5 Å². The molecule has 0 aliphatic rings. The standard InChI is InChI=1S/C15H28N4O5/c1-10(14(23)17-9-13(21)22)19-15(24)11(2)18-12(20)7-5-4-6-8-16-3/h10-11,16H,4-9H2,1-3H3,(H,17,23)(H,18,20)(H,19,24)(H,21,22)/t10?,11-/m0/s1. The number of unbranched alkanes of at least 4 members (excludes halogenated alkanes) is 2. The van der Waals surface area contributed by atoms with E-state index in [9.17, 15) is 19.2 Å². The Morgan fingerprint density at radius 1 is 0.917 bits per heavy atom. The van der Waals surface area contributed by atoms with Crippen LogP contribution in [0.25, 0.3) is 0 Å². The highest BCUT2D eigenvalue weighted by atomic mass is 16.4. The van der Waals surface area contributed by atoms with Crippen molar-refractivity contribution in [1.82, 2.24) is 21.3 Å². The van der Waals surface area contributed by atoms with E-state index in [4.69, 9.17) is 5.11 Å². The van der Waals surface area contributed by atoms with Crippen molar-refractivity contribution < 1.29 is 24.3 Å². The minimum Gasteiger partial charge on any atom is -0.480 e. The van der Waals surface area contributed by atoms with Crippen LogP contribution >= 0.6 is 0 Å². The smallest absolute Gasteiger partial charge is 0.322 e. The lowest BCUT2D eigenvalue weighted by atomic mass is 10.1. The average molecular weight is 344 g/mol. The number of rotatable bonds is 12. The summed E-state index contributed by atoms with van der Waals surface area (Å²) in [7, 11) is 1.87. The van der Waals surface area contributed by atoms with Gasteiger partial charge in [0, 0.05) is 6.42 Å². The molecular weight excluding hydrogens is 316 g/mol. The van der Waals surface area contributed by atoms with Crippen LogP contribution < -0.4 is 21.3 Å². The Bertz CT molecular complexity index is 442. The molecule has 3 amide bonds. The molecule has 0 saturated carbocycles. The number of nitrogens with one attached hydrogen (secondary N) is 4. The minimum absolute atomic E-state index is 0.218. The molecule has 0 spiro atoms. The third kappa shape index (κ3) is 10.5. The zero-order chi connectivity index (χ0) is 18.5. The van der Waals surface area contributed by atoms with Gasteiger partial charge < -0.3 is 26.4 Å². The highest BCUT2D eigenvalue weighted by molar-refractivity contribution is 5.92. The van der Waals surface area contributed by atoms with Crippen LogP contribution in [0.15, 0.2) is 0 Å². The van der Waals surface area contributed by atoms with Crippen molar-refractivity contribution in [2.24, 2.45) is 0 Å². The summed E-state index contributed by atoms with van der Waals surface area (Å²) in [4.78, 5) is 45.6. The molecule has 0 aromatic carbocycles. The molecular formula is C15H28N4O5. The maximum Gasteiger partial charge on any atom is 0.322 e. The Morgan fingerprint density at radius 3 is 2.12 bits per heavy atom. The number of carbonyl (C=O) groups is 4. The summed E-state index contributed by atoms with van der Waals surface area (Å²) in [5, 5.41) is 18.7. The summed E-state index contributed by atoms with van der Waals surface area (Å²) in [5.41, 5.74) is 0. The lowest BCUT2D eigenvalue weighted by molar-refractivity contribution is -0.138. The normalized spacial score (nSPS) is 12.8. The van der Waals surface area contributed by atoms with Gasteiger partial charge in [-0.25, -0.2) is 0 Å². The number of amides is 3. The Hall–Kier alpha value is -2.16. The quantitative estimate of drug-likeness (QED) is 0.287. The molecule has 0 aliphatic heterocycles. The van der Waals surface area contributed by atoms with Crippen molar-refractivity contribution in [3.05, 3.63) is 0 Å². The first kappa shape index (κ1) is 21.8. The molecule has 0 radical (unpaired) electrons. The van der Waals surface area contributed by atoms with Gasteiger partial charge in [-0.2, -0.15) is 0 Å². The van der Waals surface area contributed by atoms with Gasteiger partial charge in [0.05, 0.1) is 0 Å². The SMILES string of the molecule is CNCCCCCC(=O)N[C@@H](C)C(=O)NC(C)C(=O)NCC(=O)O. The van der Waals surface area contributed by atoms with Gasteiger partial charge in [-0.3, -0.25) is 19.2 Å². The van der Waals surface area contributed by atoms with Crippen LogP contribution in [0.2, 0.25) is 0 Å². The van der Waals surface area contributed by atoms with Crippen LogP contribution in [0.3, 0.4) is 0 Å². The van der Waals surface area contributed by atoms with E-state index in [1.54, 1.807) is 0 Å². The largest absolute Gasteiger partial charge is 0.480 e. The maximum absolute atomic E-state index is 11.9. The monoisotopic (exact) mass is 344 g/mol. The van der Waals surface area contributed by atoms with Crippen molar-refractivity contribution in [1.29, 1.82) is 0 Å². The lowest BCUT2D eigenvalue weighted by Crippen LogP contribution is -2.52. The van der Waals surface area contributed by atoms with Gasteiger partial charge in [-0.1, -0.05) is 6.42 Å². The van der Waals surface area contributed by atoms with Crippen LogP contribution in [0.4, 0.5) is 0 Å². The highest BCUT2D eigenvalue weighted by Crippen LogP contribution is 1.99. The topological polar surface area (TPSA) is 137 Å². The van der Waals surface area contributed by atoms with E-state index < -0.39 is 36.4 Å². The van der Waals surface area contributed by atoms with Crippen LogP contribution in [-0.4, -0.2) is 61.0 Å². The molecule has 1 unspecified atom stereocenters. The molecule has 0 heterocycles. The zero-order valence-electron chi connectivity index (χ0n) is 14.5. The van der Waals surface area contributed by atoms with Crippen molar-refractivity contribution >= 4 is 23.7 Å². The summed E-state index contributed by atoms with van der Waals surface area (Å²) in [5.74, 6) is -2.49. The van der Waals surface area contributed by atoms with Gasteiger partial charge in [0.25, 0.3) is 0 Å². The van der Waals surface area contributed by atoms with Crippen LogP contribution in [0, 0.1) is 0 Å². The molecule has 138 valence electrons. The second-order valence-corrected chi connectivity index (χ2v) is 5.55. The molecule has 0 saturated heterocycles. The molecule has 24 heavy (non-hydrogen) atoms. The lowest BCUT2D eigenvalue weighted by Gasteiger charge is -2.18. The number of aliphatic carboxylic acids is 1. The summed E-state index contributed by atoms with van der Waals surface area (Å²) < 4.78 is 0. The first-order chi connectivity index (χ1) is 11.3. The molecule has 0 aromatic heterocycles. The third-order valence-corrected chi connectivity index (χ3v) is 3.27. The van der Waals surface area contributed by atoms with Gasteiger partial charge >= 0.3 is 5.97 Å². The molecule has 0 fully saturated rings. The summed E-state index contributed by atoms with van der Waals surface area (Å²) in [6.07, 6.45) is 3.00. The van der Waals surface area contributed by atoms with Crippen LogP contribution in [-0.2, 0) is 19.2 Å². The van der Waals surface area contributed by atoms with E-state index in [-0.39, 0.29) is 5.91 Å². The highest BCUT2D eigenvalue weighted by Gasteiger charge is 2.21.